The fourth-order valence-electron chi connectivity index (χ4n) is 0. The molecule has 0 radical (unpaired) electrons. The van der Waals surface area contributed by atoms with Gasteiger partial charge in [-0.2, -0.15) is 0 Å². The molecule has 0 aliphatic carbocycles. The van der Waals surface area contributed by atoms with Gasteiger partial charge in [-0.1, -0.05) is 0 Å². The second kappa shape index (κ2) is 15.7. The molecule has 0 aromatic heterocycles. The highest BCUT2D eigenvalue weighted by molar-refractivity contribution is 3.83. The molecule has 6 N–H and O–H groups in total. The number of hydrogen-bond acceptors (Lipinski definition) is 4. The highest BCUT2D eigenvalue weighted by Crippen LogP contribution is 1.38. The molecular weight excluding hydrogens is 156 g/mol. The van der Waals surface area contributed by atoms with Gasteiger partial charge in [0, 0.05) is 0 Å². The molecule has 0 aromatic rings. The average molecular weight is 162 g/mol. The maximum atomic E-state index is 8.36. The molecule has 0 saturated carbocycles. The summed E-state index contributed by atoms with van der Waals surface area (Å²) >= 11 is 0. The van der Waals surface area contributed by atoms with Crippen molar-refractivity contribution in [3.05, 3.63) is 20.2 Å². The molecule has 0 fully saturated rings. The first-order valence-electron chi connectivity index (χ1n) is 1.13. The maximum Gasteiger partial charge on any atom is 0.291 e. The smallest absolute Gasteiger partial charge is 0.291 e. The van der Waals surface area contributed by atoms with Crippen LogP contribution in [0.1, 0.15) is 0 Å². The van der Waals surface area contributed by atoms with Gasteiger partial charge in [-0.25, -0.2) is 0 Å². The van der Waals surface area contributed by atoms with Crippen LogP contribution in [-0.2, 0) is 0 Å². The van der Waals surface area contributed by atoms with Crippen molar-refractivity contribution in [2.45, 2.75) is 0 Å². The van der Waals surface area contributed by atoms with Gasteiger partial charge in [0.05, 0.1) is 0 Å². The summed E-state index contributed by atoms with van der Waals surface area (Å²) < 4.78 is 0. The summed E-state index contributed by atoms with van der Waals surface area (Å²) in [6.45, 7) is 0. The summed E-state index contributed by atoms with van der Waals surface area (Å²) in [5.74, 6) is 0. The zero-order valence-electron chi connectivity index (χ0n) is 4.42. The Balaban J connectivity index is -0.0000000300. The van der Waals surface area contributed by atoms with E-state index in [2.05, 4.69) is 0 Å². The van der Waals surface area contributed by atoms with Gasteiger partial charge in [-0.3, -0.25) is 0 Å². The van der Waals surface area contributed by atoms with Gasteiger partial charge in [-0.15, -0.1) is 20.2 Å². The fraction of sp³-hybridized carbons (Fsp3) is 0. The number of rotatable bonds is 0. The predicted octanol–water partition coefficient (Wildman–Crippen LogP) is -2.34. The molecule has 0 atom stereocenters. The van der Waals surface area contributed by atoms with Crippen LogP contribution in [0.15, 0.2) is 0 Å². The third-order valence-electron chi connectivity index (χ3n) is 0. The summed E-state index contributed by atoms with van der Waals surface area (Å²) in [5.41, 5.74) is 0. The molecule has 0 unspecified atom stereocenters. The Kier molecular flexibility index (Phi) is 37.4. The van der Waals surface area contributed by atoms with Crippen molar-refractivity contribution in [3.63, 3.8) is 0 Å². The van der Waals surface area contributed by atoms with E-state index in [1.165, 1.54) is 0 Å². The second-order valence-corrected chi connectivity index (χ2v) is 0.476. The second-order valence-electron chi connectivity index (χ2n) is 0.476. The molecule has 0 aliphatic rings. The van der Waals surface area contributed by atoms with E-state index in [0.717, 1.165) is 0 Å². The van der Waals surface area contributed by atoms with E-state index in [9.17, 15) is 0 Å². The molecule has 0 spiro atoms. The van der Waals surface area contributed by atoms with Crippen LogP contribution in [0.3, 0.4) is 0 Å². The van der Waals surface area contributed by atoms with E-state index in [1.807, 2.05) is 0 Å². The summed E-state index contributed by atoms with van der Waals surface area (Å²) in [6, 6.07) is 0. The summed E-state index contributed by atoms with van der Waals surface area (Å²) in [4.78, 5) is 16.7. The molecule has 0 rings (SSSR count). The number of nitrogens with zero attached hydrogens (tertiary/aromatic N) is 2. The predicted molar refractivity (Wildman–Crippen MR) is 24.8 cm³/mol. The maximum absolute atomic E-state index is 8.36. The first-order chi connectivity index (χ1) is 3.46. The minimum Gasteiger partial charge on any atom is -0.412 e. The Hall–Kier alpha value is -1.68. The summed E-state index contributed by atoms with van der Waals surface area (Å²) in [5, 5.41) is 27.3. The minimum atomic E-state index is -1.50. The van der Waals surface area contributed by atoms with Crippen molar-refractivity contribution in [3.8, 4) is 0 Å². The third kappa shape index (κ3) is 63.4. The van der Waals surface area contributed by atoms with Crippen LogP contribution >= 0.6 is 0 Å². The molecule has 64 valence electrons. The lowest BCUT2D eigenvalue weighted by atomic mass is 13.1. The Labute approximate surface area is 53.1 Å². The summed E-state index contributed by atoms with van der Waals surface area (Å²) in [6.07, 6.45) is 0. The Bertz CT molecular complexity index is 65.3. The van der Waals surface area contributed by atoms with E-state index in [1.54, 1.807) is 0 Å². The van der Waals surface area contributed by atoms with Gasteiger partial charge in [-0.05, 0) is 0 Å². The van der Waals surface area contributed by atoms with Crippen molar-refractivity contribution in [2.24, 2.45) is 0 Å². The zero-order valence-corrected chi connectivity index (χ0v) is 4.42. The summed E-state index contributed by atoms with van der Waals surface area (Å²) in [7, 11) is 0. The number of hydrogen-bond donors (Lipinski definition) is 2. The Morgan fingerprint density at radius 1 is 0.900 bits per heavy atom. The van der Waals surface area contributed by atoms with Crippen LogP contribution < -0.4 is 0 Å². The monoisotopic (exact) mass is 162 g/mol. The van der Waals surface area contributed by atoms with Crippen molar-refractivity contribution < 1.29 is 31.5 Å². The molecule has 0 heterocycles. The van der Waals surface area contributed by atoms with Crippen molar-refractivity contribution >= 4 is 0 Å². The van der Waals surface area contributed by atoms with Crippen LogP contribution in [0.5, 0.6) is 0 Å². The van der Waals surface area contributed by atoms with Crippen LogP contribution in [0.25, 0.3) is 0 Å². The van der Waals surface area contributed by atoms with Crippen molar-refractivity contribution in [1.82, 2.24) is 0 Å². The van der Waals surface area contributed by atoms with Crippen LogP contribution in [0, 0.1) is 20.2 Å². The van der Waals surface area contributed by atoms with Crippen molar-refractivity contribution in [2.75, 3.05) is 0 Å². The lowest BCUT2D eigenvalue weighted by Crippen LogP contribution is -1.81. The van der Waals surface area contributed by atoms with Gasteiger partial charge < -0.3 is 21.4 Å². The van der Waals surface area contributed by atoms with Gasteiger partial charge in [0.15, 0.2) is 0 Å². The van der Waals surface area contributed by atoms with Gasteiger partial charge in [0.1, 0.15) is 0 Å². The van der Waals surface area contributed by atoms with Gasteiger partial charge in [0.25, 0.3) is 10.2 Å². The molecule has 10 heteroatoms. The van der Waals surface area contributed by atoms with Gasteiger partial charge in [0.2, 0.25) is 0 Å². The van der Waals surface area contributed by atoms with E-state index in [-0.39, 0.29) is 11.0 Å². The molecule has 10 nitrogen and oxygen atoms in total. The topological polar surface area (TPSA) is 190 Å². The molecular formula is H6N2O8. The lowest BCUT2D eigenvalue weighted by molar-refractivity contribution is -0.742. The van der Waals surface area contributed by atoms with Crippen LogP contribution in [-0.4, -0.2) is 31.5 Å². The Morgan fingerprint density at radius 2 is 0.900 bits per heavy atom. The first-order valence-corrected chi connectivity index (χ1v) is 1.13. The van der Waals surface area contributed by atoms with E-state index in [0.29, 0.717) is 0 Å². The minimum absolute atomic E-state index is 0. The SMILES string of the molecule is O.O.O=[N+]([O-])O.O=[N+]([O-])O. The highest BCUT2D eigenvalue weighted by Gasteiger charge is 1.65. The quantitative estimate of drug-likeness (QED) is 0.296. The molecule has 0 aliphatic heterocycles. The standard InChI is InChI=1S/2HNO3.2H2O/c2*2-1(3)4;;/h2*(H,2,3,4);2*1H2. The normalized spacial score (nSPS) is 4.80. The molecule has 0 amide bonds. The van der Waals surface area contributed by atoms with Crippen LogP contribution in [0.2, 0.25) is 0 Å². The zero-order chi connectivity index (χ0) is 7.15. The van der Waals surface area contributed by atoms with Crippen LogP contribution in [0.4, 0.5) is 0 Å². The fourth-order valence-corrected chi connectivity index (χ4v) is 0. The Morgan fingerprint density at radius 3 is 0.900 bits per heavy atom. The van der Waals surface area contributed by atoms with E-state index >= 15 is 0 Å². The molecule has 0 saturated heterocycles. The first kappa shape index (κ1) is 23.9. The average Bonchev–Trinajstić information content (AvgIpc) is 1.25. The third-order valence-corrected chi connectivity index (χ3v) is 0. The van der Waals surface area contributed by atoms with E-state index in [4.69, 9.17) is 30.6 Å². The highest BCUT2D eigenvalue weighted by atomic mass is 16.9. The van der Waals surface area contributed by atoms with E-state index < -0.39 is 10.2 Å². The van der Waals surface area contributed by atoms with Crippen molar-refractivity contribution in [1.29, 1.82) is 0 Å². The molecule has 0 bridgehead atoms. The molecule has 10 heavy (non-hydrogen) atoms. The van der Waals surface area contributed by atoms with Gasteiger partial charge >= 0.3 is 0 Å². The largest absolute Gasteiger partial charge is 0.412 e. The lowest BCUT2D eigenvalue weighted by Gasteiger charge is -1.56. The molecule has 0 aromatic carbocycles.